The second-order valence-electron chi connectivity index (χ2n) is 5.15. The molecule has 122 valence electrons. The van der Waals surface area contributed by atoms with Crippen molar-refractivity contribution in [1.29, 1.82) is 0 Å². The van der Waals surface area contributed by atoms with Crippen molar-refractivity contribution in [2.24, 2.45) is 0 Å². The minimum absolute atomic E-state index is 0.133. The van der Waals surface area contributed by atoms with Gasteiger partial charge in [-0.1, -0.05) is 48.5 Å². The minimum Gasteiger partial charge on any atom is -0.491 e. The summed E-state index contributed by atoms with van der Waals surface area (Å²) in [7, 11) is 0. The monoisotopic (exact) mass is 314 g/mol. The molecule has 1 unspecified atom stereocenters. The number of hydrogen-bond acceptors (Lipinski definition) is 3. The highest BCUT2D eigenvalue weighted by Gasteiger charge is 2.07. The summed E-state index contributed by atoms with van der Waals surface area (Å²) in [5, 5.41) is 15.2. The molecular formula is C18H22N2O3. The fourth-order valence-electron chi connectivity index (χ4n) is 2.01. The van der Waals surface area contributed by atoms with E-state index < -0.39 is 6.10 Å². The molecule has 3 N–H and O–H groups in total. The van der Waals surface area contributed by atoms with E-state index in [-0.39, 0.29) is 19.2 Å². The largest absolute Gasteiger partial charge is 0.491 e. The van der Waals surface area contributed by atoms with Gasteiger partial charge in [-0.3, -0.25) is 0 Å². The normalized spacial score (nSPS) is 11.5. The summed E-state index contributed by atoms with van der Waals surface area (Å²) in [5.41, 5.74) is 1.17. The van der Waals surface area contributed by atoms with Gasteiger partial charge >= 0.3 is 6.03 Å². The van der Waals surface area contributed by atoms with Crippen LogP contribution in [0.15, 0.2) is 60.7 Å². The number of ether oxygens (including phenoxy) is 1. The van der Waals surface area contributed by atoms with Crippen molar-refractivity contribution in [3.8, 4) is 5.75 Å². The summed E-state index contributed by atoms with van der Waals surface area (Å²) in [6, 6.07) is 18.9. The molecule has 0 aliphatic rings. The molecule has 0 aliphatic heterocycles. The average Bonchev–Trinajstić information content (AvgIpc) is 2.60. The molecule has 0 heterocycles. The first kappa shape index (κ1) is 16.8. The maximum Gasteiger partial charge on any atom is 0.314 e. The Hall–Kier alpha value is -2.53. The van der Waals surface area contributed by atoms with Crippen LogP contribution in [0.2, 0.25) is 0 Å². The standard InChI is InChI=1S/C18H22N2O3/c21-16(14-23-17-9-5-2-6-10-17)13-20-18(22)19-12-11-15-7-3-1-4-8-15/h1-10,16,21H,11-14H2,(H2,19,20,22). The zero-order valence-corrected chi connectivity index (χ0v) is 12.9. The van der Waals surface area contributed by atoms with Crippen molar-refractivity contribution in [3.63, 3.8) is 0 Å². The Kier molecular flexibility index (Phi) is 6.94. The molecule has 1 atom stereocenters. The van der Waals surface area contributed by atoms with Crippen molar-refractivity contribution in [2.75, 3.05) is 19.7 Å². The lowest BCUT2D eigenvalue weighted by molar-refractivity contribution is 0.108. The third kappa shape index (κ3) is 6.84. The highest BCUT2D eigenvalue weighted by atomic mass is 16.5. The number of nitrogens with one attached hydrogen (secondary N) is 2. The third-order valence-electron chi connectivity index (χ3n) is 3.23. The molecule has 0 saturated carbocycles. The van der Waals surface area contributed by atoms with Crippen molar-refractivity contribution in [3.05, 3.63) is 66.2 Å². The summed E-state index contributed by atoms with van der Waals surface area (Å²) in [6.45, 7) is 0.824. The second-order valence-corrected chi connectivity index (χ2v) is 5.15. The number of para-hydroxylation sites is 1. The Morgan fingerprint density at radius 3 is 2.35 bits per heavy atom. The molecule has 23 heavy (non-hydrogen) atoms. The Balaban J connectivity index is 1.56. The topological polar surface area (TPSA) is 70.6 Å². The van der Waals surface area contributed by atoms with Crippen LogP contribution < -0.4 is 15.4 Å². The summed E-state index contributed by atoms with van der Waals surface area (Å²) in [5.74, 6) is 0.693. The number of urea groups is 1. The average molecular weight is 314 g/mol. The molecule has 0 radical (unpaired) electrons. The van der Waals surface area contributed by atoms with Gasteiger partial charge in [-0.25, -0.2) is 4.79 Å². The third-order valence-corrected chi connectivity index (χ3v) is 3.23. The highest BCUT2D eigenvalue weighted by molar-refractivity contribution is 5.73. The number of benzene rings is 2. The molecule has 2 rings (SSSR count). The molecule has 0 saturated heterocycles. The Morgan fingerprint density at radius 2 is 1.65 bits per heavy atom. The van der Waals surface area contributed by atoms with E-state index in [1.54, 1.807) is 0 Å². The quantitative estimate of drug-likeness (QED) is 0.697. The van der Waals surface area contributed by atoms with Crippen molar-refractivity contribution < 1.29 is 14.6 Å². The molecule has 2 amide bonds. The van der Waals surface area contributed by atoms with Crippen LogP contribution in [-0.2, 0) is 6.42 Å². The van der Waals surface area contributed by atoms with Gasteiger partial charge in [-0.2, -0.15) is 0 Å². The predicted molar refractivity (Wildman–Crippen MR) is 89.5 cm³/mol. The van der Waals surface area contributed by atoms with E-state index in [9.17, 15) is 9.90 Å². The highest BCUT2D eigenvalue weighted by Crippen LogP contribution is 2.08. The summed E-state index contributed by atoms with van der Waals surface area (Å²) < 4.78 is 5.42. The van der Waals surface area contributed by atoms with Crippen LogP contribution >= 0.6 is 0 Å². The molecular weight excluding hydrogens is 292 g/mol. The zero-order valence-electron chi connectivity index (χ0n) is 12.9. The summed E-state index contributed by atoms with van der Waals surface area (Å²) >= 11 is 0. The first-order valence-corrected chi connectivity index (χ1v) is 7.65. The van der Waals surface area contributed by atoms with Gasteiger partial charge in [-0.05, 0) is 24.1 Å². The van der Waals surface area contributed by atoms with E-state index in [0.717, 1.165) is 6.42 Å². The van der Waals surface area contributed by atoms with Crippen LogP contribution in [0.4, 0.5) is 4.79 Å². The number of hydrogen-bond donors (Lipinski definition) is 3. The smallest absolute Gasteiger partial charge is 0.314 e. The van der Waals surface area contributed by atoms with Gasteiger partial charge in [0.05, 0.1) is 0 Å². The minimum atomic E-state index is -0.755. The number of aliphatic hydroxyl groups is 1. The number of carbonyl (C=O) groups excluding carboxylic acids is 1. The van der Waals surface area contributed by atoms with E-state index in [2.05, 4.69) is 10.6 Å². The summed E-state index contributed by atoms with van der Waals surface area (Å²) in [4.78, 5) is 11.6. The number of amides is 2. The molecule has 5 nitrogen and oxygen atoms in total. The second kappa shape index (κ2) is 9.48. The molecule has 2 aromatic rings. The van der Waals surface area contributed by atoms with E-state index >= 15 is 0 Å². The molecule has 0 aromatic heterocycles. The molecule has 0 fully saturated rings. The fourth-order valence-corrected chi connectivity index (χ4v) is 2.01. The van der Waals surface area contributed by atoms with Gasteiger partial charge in [-0.15, -0.1) is 0 Å². The maximum atomic E-state index is 11.6. The van der Waals surface area contributed by atoms with Crippen LogP contribution in [0.3, 0.4) is 0 Å². The maximum absolute atomic E-state index is 11.6. The van der Waals surface area contributed by atoms with Crippen molar-refractivity contribution >= 4 is 6.03 Å². The zero-order chi connectivity index (χ0) is 16.3. The van der Waals surface area contributed by atoms with Crippen LogP contribution in [0.5, 0.6) is 5.75 Å². The van der Waals surface area contributed by atoms with Crippen LogP contribution in [0.1, 0.15) is 5.56 Å². The number of rotatable bonds is 8. The van der Waals surface area contributed by atoms with Crippen LogP contribution in [0, 0.1) is 0 Å². The van der Waals surface area contributed by atoms with Crippen LogP contribution in [-0.4, -0.2) is 36.9 Å². The molecule has 2 aromatic carbocycles. The van der Waals surface area contributed by atoms with Gasteiger partial charge in [0, 0.05) is 13.1 Å². The van der Waals surface area contributed by atoms with Crippen molar-refractivity contribution in [2.45, 2.75) is 12.5 Å². The van der Waals surface area contributed by atoms with E-state index in [1.807, 2.05) is 60.7 Å². The number of carbonyl (C=O) groups is 1. The van der Waals surface area contributed by atoms with E-state index in [4.69, 9.17) is 4.74 Å². The first-order valence-electron chi connectivity index (χ1n) is 7.65. The SMILES string of the molecule is O=C(NCCc1ccccc1)NCC(O)COc1ccccc1. The van der Waals surface area contributed by atoms with Gasteiger partial charge in [0.2, 0.25) is 0 Å². The van der Waals surface area contributed by atoms with Crippen LogP contribution in [0.25, 0.3) is 0 Å². The number of aliphatic hydroxyl groups excluding tert-OH is 1. The lowest BCUT2D eigenvalue weighted by Crippen LogP contribution is -2.41. The molecule has 0 aliphatic carbocycles. The molecule has 0 spiro atoms. The predicted octanol–water partition coefficient (Wildman–Crippen LogP) is 1.97. The van der Waals surface area contributed by atoms with Gasteiger partial charge < -0.3 is 20.5 Å². The van der Waals surface area contributed by atoms with Gasteiger partial charge in [0.15, 0.2) is 0 Å². The Labute approximate surface area is 136 Å². The summed E-state index contributed by atoms with van der Waals surface area (Å²) in [6.07, 6.45) is 0.0172. The lowest BCUT2D eigenvalue weighted by Gasteiger charge is -2.13. The van der Waals surface area contributed by atoms with E-state index in [0.29, 0.717) is 12.3 Å². The Morgan fingerprint density at radius 1 is 1.00 bits per heavy atom. The Bertz CT molecular complexity index is 575. The van der Waals surface area contributed by atoms with Gasteiger partial charge in [0.25, 0.3) is 0 Å². The molecule has 5 heteroatoms. The lowest BCUT2D eigenvalue weighted by atomic mass is 10.1. The van der Waals surface area contributed by atoms with Gasteiger partial charge in [0.1, 0.15) is 18.5 Å². The van der Waals surface area contributed by atoms with E-state index in [1.165, 1.54) is 5.56 Å². The fraction of sp³-hybridized carbons (Fsp3) is 0.278. The van der Waals surface area contributed by atoms with Crippen molar-refractivity contribution in [1.82, 2.24) is 10.6 Å². The first-order chi connectivity index (χ1) is 11.2. The molecule has 0 bridgehead atoms.